The minimum Gasteiger partial charge on any atom is -0.381 e. The van der Waals surface area contributed by atoms with Crippen LogP contribution in [0.3, 0.4) is 0 Å². The largest absolute Gasteiger partial charge is 0.381 e. The highest BCUT2D eigenvalue weighted by Crippen LogP contribution is 2.13. The lowest BCUT2D eigenvalue weighted by atomic mass is 10.2. The van der Waals surface area contributed by atoms with Gasteiger partial charge in [-0.3, -0.25) is 4.79 Å². The van der Waals surface area contributed by atoms with E-state index in [0.717, 1.165) is 12.8 Å². The van der Waals surface area contributed by atoms with Crippen LogP contribution >= 0.6 is 0 Å². The summed E-state index contributed by atoms with van der Waals surface area (Å²) in [6, 6.07) is 8.95. The highest BCUT2D eigenvalue weighted by Gasteiger charge is 2.05. The molecule has 0 unspecified atom stereocenters. The Hall–Kier alpha value is -2.12. The van der Waals surface area contributed by atoms with Crippen LogP contribution in [0.25, 0.3) is 0 Å². The third-order valence-electron chi connectivity index (χ3n) is 2.49. The Balaban J connectivity index is 2.28. The minimum absolute atomic E-state index is 0.147. The molecule has 0 radical (unpaired) electrons. The highest BCUT2D eigenvalue weighted by molar-refractivity contribution is 5.92. The average Bonchev–Trinajstić information content (AvgIpc) is 2.43. The van der Waals surface area contributed by atoms with Crippen molar-refractivity contribution in [3.05, 3.63) is 42.5 Å². The maximum Gasteiger partial charge on any atom is 0.226 e. The van der Waals surface area contributed by atoms with E-state index in [4.69, 9.17) is 10.00 Å². The van der Waals surface area contributed by atoms with Gasteiger partial charge < -0.3 is 10.1 Å². The van der Waals surface area contributed by atoms with Gasteiger partial charge in [0, 0.05) is 6.61 Å². The van der Waals surface area contributed by atoms with E-state index >= 15 is 0 Å². The molecule has 100 valence electrons. The van der Waals surface area contributed by atoms with Gasteiger partial charge in [0.2, 0.25) is 5.91 Å². The van der Waals surface area contributed by atoms with Gasteiger partial charge in [0.1, 0.15) is 6.07 Å². The van der Waals surface area contributed by atoms with E-state index in [9.17, 15) is 4.79 Å². The Bertz CT molecular complexity index is 463. The lowest BCUT2D eigenvalue weighted by Gasteiger charge is -2.07. The molecular formula is C15H18N2O2. The summed E-state index contributed by atoms with van der Waals surface area (Å²) in [6.45, 7) is 4.64. The molecule has 0 bridgehead atoms. The maximum atomic E-state index is 11.7. The zero-order valence-electron chi connectivity index (χ0n) is 10.9. The Morgan fingerprint density at radius 3 is 2.95 bits per heavy atom. The van der Waals surface area contributed by atoms with Crippen LogP contribution < -0.4 is 5.32 Å². The highest BCUT2D eigenvalue weighted by atomic mass is 16.5. The van der Waals surface area contributed by atoms with Gasteiger partial charge in [0.05, 0.1) is 24.3 Å². The summed E-state index contributed by atoms with van der Waals surface area (Å²) in [5.41, 5.74) is 1.00. The number of benzene rings is 1. The Labute approximate surface area is 113 Å². The number of nitrogens with zero attached hydrogens (tertiary/aromatic N) is 1. The number of carbonyl (C=O) groups excluding carboxylic acids is 1. The molecule has 0 fully saturated rings. The minimum atomic E-state index is -0.147. The van der Waals surface area contributed by atoms with Crippen molar-refractivity contribution in [3.8, 4) is 6.07 Å². The number of para-hydroxylation sites is 1. The molecule has 1 rings (SSSR count). The molecule has 0 spiro atoms. The third kappa shape index (κ3) is 5.84. The number of rotatable bonds is 8. The Kier molecular flexibility index (Phi) is 7.00. The van der Waals surface area contributed by atoms with Gasteiger partial charge in [0.15, 0.2) is 0 Å². The third-order valence-corrected chi connectivity index (χ3v) is 2.49. The molecule has 4 nitrogen and oxygen atoms in total. The van der Waals surface area contributed by atoms with Crippen LogP contribution in [0, 0.1) is 11.3 Å². The average molecular weight is 258 g/mol. The smallest absolute Gasteiger partial charge is 0.226 e. The number of allylic oxidation sites excluding steroid dienone is 1. The predicted octanol–water partition coefficient (Wildman–Crippen LogP) is 2.87. The van der Waals surface area contributed by atoms with Crippen LogP contribution in [0.1, 0.15) is 24.8 Å². The van der Waals surface area contributed by atoms with Crippen molar-refractivity contribution in [3.63, 3.8) is 0 Å². The second-order valence-corrected chi connectivity index (χ2v) is 4.00. The number of hydrogen-bond donors (Lipinski definition) is 1. The molecule has 0 aromatic heterocycles. The van der Waals surface area contributed by atoms with Gasteiger partial charge in [-0.25, -0.2) is 0 Å². The first kappa shape index (κ1) is 14.9. The van der Waals surface area contributed by atoms with E-state index in [1.807, 2.05) is 12.1 Å². The molecule has 0 aliphatic carbocycles. The Morgan fingerprint density at radius 1 is 1.42 bits per heavy atom. The van der Waals surface area contributed by atoms with Crippen molar-refractivity contribution in [1.82, 2.24) is 0 Å². The number of nitrogens with one attached hydrogen (secondary N) is 1. The monoisotopic (exact) mass is 258 g/mol. The lowest BCUT2D eigenvalue weighted by Crippen LogP contribution is -2.15. The van der Waals surface area contributed by atoms with E-state index in [1.54, 1.807) is 24.3 Å². The van der Waals surface area contributed by atoms with Gasteiger partial charge >= 0.3 is 0 Å². The molecule has 1 aromatic carbocycles. The lowest BCUT2D eigenvalue weighted by molar-refractivity contribution is -0.117. The van der Waals surface area contributed by atoms with E-state index < -0.39 is 0 Å². The summed E-state index contributed by atoms with van der Waals surface area (Å²) in [5, 5.41) is 11.6. The molecule has 19 heavy (non-hydrogen) atoms. The van der Waals surface area contributed by atoms with Crippen molar-refractivity contribution in [2.45, 2.75) is 19.3 Å². The molecule has 1 amide bonds. The fourth-order valence-electron chi connectivity index (χ4n) is 1.50. The number of amides is 1. The molecule has 0 heterocycles. The molecule has 0 aliphatic rings. The zero-order chi connectivity index (χ0) is 13.9. The summed E-state index contributed by atoms with van der Waals surface area (Å²) in [5.74, 6) is -0.147. The van der Waals surface area contributed by atoms with Gasteiger partial charge in [0.25, 0.3) is 0 Å². The summed E-state index contributed by atoms with van der Waals surface area (Å²) in [4.78, 5) is 11.7. The first-order chi connectivity index (χ1) is 9.27. The molecule has 1 aromatic rings. The molecule has 0 aliphatic heterocycles. The predicted molar refractivity (Wildman–Crippen MR) is 74.7 cm³/mol. The first-order valence-corrected chi connectivity index (χ1v) is 6.25. The quantitative estimate of drug-likeness (QED) is 0.576. The fourth-order valence-corrected chi connectivity index (χ4v) is 1.50. The van der Waals surface area contributed by atoms with Gasteiger partial charge in [-0.05, 0) is 25.0 Å². The van der Waals surface area contributed by atoms with E-state index in [0.29, 0.717) is 24.5 Å². The SMILES string of the molecule is C=CCCCOCCC(=O)Nc1ccccc1C#N. The summed E-state index contributed by atoms with van der Waals surface area (Å²) in [7, 11) is 0. The fraction of sp³-hybridized carbons (Fsp3) is 0.333. The van der Waals surface area contributed by atoms with Crippen LogP contribution in [0.5, 0.6) is 0 Å². The molecule has 0 saturated carbocycles. The van der Waals surface area contributed by atoms with Gasteiger partial charge in [-0.15, -0.1) is 6.58 Å². The van der Waals surface area contributed by atoms with Crippen LogP contribution in [0.4, 0.5) is 5.69 Å². The number of nitriles is 1. The molecule has 1 N–H and O–H groups in total. The summed E-state index contributed by atoms with van der Waals surface area (Å²) < 4.78 is 5.33. The van der Waals surface area contributed by atoms with Crippen LogP contribution in [-0.4, -0.2) is 19.1 Å². The number of unbranched alkanes of at least 4 members (excludes halogenated alkanes) is 1. The molecule has 0 saturated heterocycles. The second-order valence-electron chi connectivity index (χ2n) is 4.00. The van der Waals surface area contributed by atoms with E-state index in [1.165, 1.54) is 0 Å². The van der Waals surface area contributed by atoms with E-state index in [2.05, 4.69) is 11.9 Å². The summed E-state index contributed by atoms with van der Waals surface area (Å²) in [6.07, 6.45) is 3.97. The van der Waals surface area contributed by atoms with Gasteiger partial charge in [-0.2, -0.15) is 5.26 Å². The van der Waals surface area contributed by atoms with Gasteiger partial charge in [-0.1, -0.05) is 18.2 Å². The van der Waals surface area contributed by atoms with Crippen molar-refractivity contribution < 1.29 is 9.53 Å². The van der Waals surface area contributed by atoms with Crippen LogP contribution in [0.2, 0.25) is 0 Å². The van der Waals surface area contributed by atoms with Crippen molar-refractivity contribution in [2.75, 3.05) is 18.5 Å². The van der Waals surface area contributed by atoms with Crippen LogP contribution in [-0.2, 0) is 9.53 Å². The van der Waals surface area contributed by atoms with Crippen molar-refractivity contribution >= 4 is 11.6 Å². The molecule has 4 heteroatoms. The number of ether oxygens (including phenoxy) is 1. The normalized spacial score (nSPS) is 9.63. The first-order valence-electron chi connectivity index (χ1n) is 6.25. The Morgan fingerprint density at radius 2 is 2.21 bits per heavy atom. The number of hydrogen-bond acceptors (Lipinski definition) is 3. The molecular weight excluding hydrogens is 240 g/mol. The number of anilines is 1. The molecule has 0 atom stereocenters. The van der Waals surface area contributed by atoms with Crippen molar-refractivity contribution in [1.29, 1.82) is 5.26 Å². The maximum absolute atomic E-state index is 11.7. The van der Waals surface area contributed by atoms with Crippen LogP contribution in [0.15, 0.2) is 36.9 Å². The number of carbonyl (C=O) groups is 1. The summed E-state index contributed by atoms with van der Waals surface area (Å²) >= 11 is 0. The van der Waals surface area contributed by atoms with Crippen molar-refractivity contribution in [2.24, 2.45) is 0 Å². The second kappa shape index (κ2) is 8.90. The van der Waals surface area contributed by atoms with E-state index in [-0.39, 0.29) is 12.3 Å². The zero-order valence-corrected chi connectivity index (χ0v) is 10.9. The topological polar surface area (TPSA) is 62.1 Å². The standard InChI is InChI=1S/C15H18N2O2/c1-2-3-6-10-19-11-9-15(18)17-14-8-5-4-7-13(14)12-16/h2,4-5,7-8H,1,3,6,9-11H2,(H,17,18).